The van der Waals surface area contributed by atoms with Gasteiger partial charge in [0, 0.05) is 22.2 Å². The van der Waals surface area contributed by atoms with Crippen molar-refractivity contribution in [3.05, 3.63) is 64.8 Å². The Morgan fingerprint density at radius 2 is 2.07 bits per heavy atom. The molecule has 0 saturated carbocycles. The smallest absolute Gasteiger partial charge is 0.271 e. The van der Waals surface area contributed by atoms with Crippen molar-refractivity contribution in [2.45, 2.75) is 40.0 Å². The summed E-state index contributed by atoms with van der Waals surface area (Å²) in [5, 5.41) is 5.27. The highest BCUT2D eigenvalue weighted by atomic mass is 16.5. The summed E-state index contributed by atoms with van der Waals surface area (Å²) in [6.45, 7) is 7.21. The first kappa shape index (κ1) is 20.2. The molecule has 5 nitrogen and oxygen atoms in total. The van der Waals surface area contributed by atoms with Crippen molar-refractivity contribution >= 4 is 23.0 Å². The van der Waals surface area contributed by atoms with Crippen LogP contribution in [0.5, 0.6) is 5.75 Å². The molecular formula is C25H29N3O2. The van der Waals surface area contributed by atoms with Crippen LogP contribution in [0.15, 0.2) is 47.6 Å². The number of amides is 1. The fourth-order valence-corrected chi connectivity index (χ4v) is 3.88. The summed E-state index contributed by atoms with van der Waals surface area (Å²) in [5.74, 6) is 1.80. The Morgan fingerprint density at radius 1 is 1.27 bits per heavy atom. The number of hydrogen-bond acceptors (Lipinski definition) is 3. The highest BCUT2D eigenvalue weighted by Crippen LogP contribution is 2.32. The molecule has 1 amide bonds. The summed E-state index contributed by atoms with van der Waals surface area (Å²) in [6.07, 6.45) is 5.00. The fourth-order valence-electron chi connectivity index (χ4n) is 3.88. The van der Waals surface area contributed by atoms with Crippen LogP contribution >= 0.6 is 0 Å². The van der Waals surface area contributed by atoms with Gasteiger partial charge in [0.1, 0.15) is 5.75 Å². The number of aryl methyl sites for hydroxylation is 1. The van der Waals surface area contributed by atoms with Gasteiger partial charge in [-0.05, 0) is 84.7 Å². The first-order valence-corrected chi connectivity index (χ1v) is 10.7. The van der Waals surface area contributed by atoms with E-state index in [9.17, 15) is 4.79 Å². The van der Waals surface area contributed by atoms with E-state index in [0.29, 0.717) is 24.0 Å². The maximum atomic E-state index is 12.6. The molecule has 2 N–H and O–H groups in total. The van der Waals surface area contributed by atoms with Gasteiger partial charge >= 0.3 is 0 Å². The van der Waals surface area contributed by atoms with Crippen LogP contribution in [0.4, 0.5) is 0 Å². The van der Waals surface area contributed by atoms with Gasteiger partial charge in [-0.15, -0.1) is 0 Å². The molecule has 1 aliphatic carbocycles. The Morgan fingerprint density at radius 3 is 2.83 bits per heavy atom. The number of ether oxygens (including phenoxy) is 1. The van der Waals surface area contributed by atoms with Crippen LogP contribution in [0.2, 0.25) is 0 Å². The molecule has 0 radical (unpaired) electrons. The number of fused-ring (bicyclic) bond motifs is 3. The number of nitrogens with zero attached hydrogens (tertiary/aromatic N) is 1. The number of carbonyl (C=O) groups excluding carboxylic acids is 1. The third kappa shape index (κ3) is 4.56. The minimum Gasteiger partial charge on any atom is -0.493 e. The maximum absolute atomic E-state index is 12.6. The molecule has 0 spiro atoms. The van der Waals surface area contributed by atoms with Crippen LogP contribution < -0.4 is 10.2 Å². The molecule has 5 heteroatoms. The number of nitrogens with one attached hydrogen (secondary N) is 2. The van der Waals surface area contributed by atoms with Crippen LogP contribution in [-0.2, 0) is 12.8 Å². The number of aromatic amines is 1. The van der Waals surface area contributed by atoms with Crippen LogP contribution in [0.3, 0.4) is 0 Å². The monoisotopic (exact) mass is 403 g/mol. The highest BCUT2D eigenvalue weighted by Gasteiger charge is 2.20. The third-order valence-electron chi connectivity index (χ3n) is 5.54. The Hall–Kier alpha value is -3.08. The van der Waals surface area contributed by atoms with Gasteiger partial charge in [-0.1, -0.05) is 20.8 Å². The van der Waals surface area contributed by atoms with Gasteiger partial charge in [0.15, 0.2) is 0 Å². The summed E-state index contributed by atoms with van der Waals surface area (Å²) < 4.78 is 5.68. The molecule has 2 aromatic carbocycles. The predicted molar refractivity (Wildman–Crippen MR) is 121 cm³/mol. The first-order valence-electron chi connectivity index (χ1n) is 10.7. The van der Waals surface area contributed by atoms with Crippen molar-refractivity contribution in [1.29, 1.82) is 0 Å². The number of carbonyl (C=O) groups is 1. The van der Waals surface area contributed by atoms with Gasteiger partial charge in [0.05, 0.1) is 12.8 Å². The number of hydrogen-bond donors (Lipinski definition) is 2. The average molecular weight is 404 g/mol. The van der Waals surface area contributed by atoms with E-state index < -0.39 is 0 Å². The molecule has 3 aromatic rings. The van der Waals surface area contributed by atoms with Gasteiger partial charge in [-0.3, -0.25) is 4.79 Å². The molecule has 4 rings (SSSR count). The van der Waals surface area contributed by atoms with E-state index in [1.165, 1.54) is 17.7 Å². The number of hydrazone groups is 1. The Kier molecular flexibility index (Phi) is 5.88. The molecule has 0 fully saturated rings. The molecule has 30 heavy (non-hydrogen) atoms. The van der Waals surface area contributed by atoms with E-state index in [4.69, 9.17) is 4.74 Å². The lowest BCUT2D eigenvalue weighted by Crippen LogP contribution is -2.17. The van der Waals surface area contributed by atoms with E-state index in [1.54, 1.807) is 6.21 Å². The number of benzene rings is 2. The number of H-pyrrole nitrogens is 1. The minimum absolute atomic E-state index is 0.205. The van der Waals surface area contributed by atoms with E-state index >= 15 is 0 Å². The van der Waals surface area contributed by atoms with Gasteiger partial charge in [-0.25, -0.2) is 5.43 Å². The normalized spacial score (nSPS) is 16.2. The SMILES string of the molecule is CC(C)COc1ccc(/C=N\NC(=O)c2ccc3[nH]c4c(c3c2)CC(C)CC4)cc1. The highest BCUT2D eigenvalue weighted by molar-refractivity contribution is 5.99. The molecule has 1 heterocycles. The zero-order chi connectivity index (χ0) is 21.1. The molecule has 1 aliphatic rings. The largest absolute Gasteiger partial charge is 0.493 e. The van der Waals surface area contributed by atoms with Crippen LogP contribution in [0.25, 0.3) is 10.9 Å². The second-order valence-electron chi connectivity index (χ2n) is 8.66. The van der Waals surface area contributed by atoms with Gasteiger partial charge in [0.25, 0.3) is 5.91 Å². The standard InChI is InChI=1S/C25H29N3O2/c1-16(2)15-30-20-8-5-18(6-9-20)14-26-28-25(29)19-7-11-24-22(13-19)21-12-17(3)4-10-23(21)27-24/h5-9,11,13-14,16-17,27H,4,10,12,15H2,1-3H3,(H,28,29)/b26-14-. The molecule has 0 bridgehead atoms. The Bertz CT molecular complexity index is 1060. The van der Waals surface area contributed by atoms with E-state index in [-0.39, 0.29) is 5.91 Å². The minimum atomic E-state index is -0.205. The zero-order valence-corrected chi connectivity index (χ0v) is 17.9. The molecule has 0 saturated heterocycles. The molecular weight excluding hydrogens is 374 g/mol. The molecule has 1 aromatic heterocycles. The maximum Gasteiger partial charge on any atom is 0.271 e. The van der Waals surface area contributed by atoms with Gasteiger partial charge in [0.2, 0.25) is 0 Å². The topological polar surface area (TPSA) is 66.5 Å². The van der Waals surface area contributed by atoms with Crippen LogP contribution in [-0.4, -0.2) is 23.7 Å². The van der Waals surface area contributed by atoms with Crippen molar-refractivity contribution < 1.29 is 9.53 Å². The molecule has 1 unspecified atom stereocenters. The van der Waals surface area contributed by atoms with Crippen molar-refractivity contribution in [2.24, 2.45) is 16.9 Å². The predicted octanol–water partition coefficient (Wildman–Crippen LogP) is 5.09. The summed E-state index contributed by atoms with van der Waals surface area (Å²) in [4.78, 5) is 16.1. The lowest BCUT2D eigenvalue weighted by Gasteiger charge is -2.18. The van der Waals surface area contributed by atoms with Crippen LogP contribution in [0, 0.1) is 11.8 Å². The summed E-state index contributed by atoms with van der Waals surface area (Å²) in [6, 6.07) is 13.5. The van der Waals surface area contributed by atoms with E-state index in [2.05, 4.69) is 36.3 Å². The van der Waals surface area contributed by atoms with E-state index in [1.807, 2.05) is 42.5 Å². The second-order valence-corrected chi connectivity index (χ2v) is 8.66. The lowest BCUT2D eigenvalue weighted by molar-refractivity contribution is 0.0955. The first-order chi connectivity index (χ1) is 14.5. The van der Waals surface area contributed by atoms with Crippen molar-refractivity contribution in [3.8, 4) is 5.75 Å². The Labute approximate surface area is 177 Å². The molecule has 156 valence electrons. The zero-order valence-electron chi connectivity index (χ0n) is 17.9. The summed E-state index contributed by atoms with van der Waals surface area (Å²) in [5.41, 5.74) is 7.95. The lowest BCUT2D eigenvalue weighted by atomic mass is 9.87. The average Bonchev–Trinajstić information content (AvgIpc) is 3.10. The van der Waals surface area contributed by atoms with Crippen LogP contribution in [0.1, 0.15) is 54.4 Å². The molecule has 1 atom stereocenters. The number of rotatable bonds is 6. The summed E-state index contributed by atoms with van der Waals surface area (Å²) in [7, 11) is 0. The van der Waals surface area contributed by atoms with Crippen molar-refractivity contribution in [1.82, 2.24) is 10.4 Å². The summed E-state index contributed by atoms with van der Waals surface area (Å²) >= 11 is 0. The quantitative estimate of drug-likeness (QED) is 0.445. The van der Waals surface area contributed by atoms with Gasteiger partial charge < -0.3 is 9.72 Å². The number of aromatic nitrogens is 1. The van der Waals surface area contributed by atoms with Crippen molar-refractivity contribution in [2.75, 3.05) is 6.61 Å². The second kappa shape index (κ2) is 8.74. The Balaban J connectivity index is 1.41. The van der Waals surface area contributed by atoms with Gasteiger partial charge in [-0.2, -0.15) is 5.10 Å². The molecule has 0 aliphatic heterocycles. The fraction of sp³-hybridized carbons (Fsp3) is 0.360. The van der Waals surface area contributed by atoms with Crippen molar-refractivity contribution in [3.63, 3.8) is 0 Å². The third-order valence-corrected chi connectivity index (χ3v) is 5.54. The van der Waals surface area contributed by atoms with E-state index in [0.717, 1.165) is 35.1 Å².